The summed E-state index contributed by atoms with van der Waals surface area (Å²) in [7, 11) is 0. The predicted octanol–water partition coefficient (Wildman–Crippen LogP) is 2.38. The third-order valence-electron chi connectivity index (χ3n) is 4.84. The average Bonchev–Trinajstić information content (AvgIpc) is 3.29. The number of amides is 1. The number of nitrogens with two attached hydrogens (primary N) is 1. The first-order valence-corrected chi connectivity index (χ1v) is 7.83. The highest BCUT2D eigenvalue weighted by Crippen LogP contribution is 2.48. The van der Waals surface area contributed by atoms with E-state index in [0.29, 0.717) is 11.8 Å². The van der Waals surface area contributed by atoms with E-state index in [1.807, 2.05) is 6.07 Å². The van der Waals surface area contributed by atoms with Gasteiger partial charge < -0.3 is 10.6 Å². The lowest BCUT2D eigenvalue weighted by Crippen LogP contribution is -2.39. The van der Waals surface area contributed by atoms with E-state index < -0.39 is 0 Å². The molecule has 1 saturated carbocycles. The molecular formula is C17H24N2O. The predicted molar refractivity (Wildman–Crippen MR) is 80.3 cm³/mol. The molecule has 1 aliphatic heterocycles. The van der Waals surface area contributed by atoms with Crippen molar-refractivity contribution in [2.24, 2.45) is 17.6 Å². The Labute approximate surface area is 121 Å². The molecule has 1 aliphatic carbocycles. The highest BCUT2D eigenvalue weighted by Gasteiger charge is 2.45. The zero-order valence-corrected chi connectivity index (χ0v) is 12.0. The van der Waals surface area contributed by atoms with Gasteiger partial charge in [-0.1, -0.05) is 30.3 Å². The highest BCUT2D eigenvalue weighted by atomic mass is 16.2. The van der Waals surface area contributed by atoms with Gasteiger partial charge in [0.05, 0.1) is 0 Å². The van der Waals surface area contributed by atoms with Crippen molar-refractivity contribution in [2.45, 2.75) is 31.6 Å². The van der Waals surface area contributed by atoms with E-state index in [-0.39, 0.29) is 5.92 Å². The number of carbonyl (C=O) groups is 1. The fourth-order valence-corrected chi connectivity index (χ4v) is 3.45. The van der Waals surface area contributed by atoms with Crippen molar-refractivity contribution in [1.29, 1.82) is 0 Å². The summed E-state index contributed by atoms with van der Waals surface area (Å²) in [6.45, 7) is 2.64. The molecule has 1 aromatic rings. The Bertz CT molecular complexity index is 451. The Morgan fingerprint density at radius 3 is 2.55 bits per heavy atom. The van der Waals surface area contributed by atoms with Crippen LogP contribution in [-0.2, 0) is 4.79 Å². The third-order valence-corrected chi connectivity index (χ3v) is 4.84. The summed E-state index contributed by atoms with van der Waals surface area (Å²) in [5.41, 5.74) is 6.94. The normalized spacial score (nSPS) is 26.6. The molecule has 3 nitrogen and oxygen atoms in total. The van der Waals surface area contributed by atoms with Crippen molar-refractivity contribution >= 4 is 5.91 Å². The maximum atomic E-state index is 12.5. The van der Waals surface area contributed by atoms with E-state index in [4.69, 9.17) is 5.73 Å². The van der Waals surface area contributed by atoms with Crippen LogP contribution in [-0.4, -0.2) is 30.4 Å². The van der Waals surface area contributed by atoms with E-state index in [1.54, 1.807) is 0 Å². The zero-order chi connectivity index (χ0) is 13.9. The number of hydrogen-bond acceptors (Lipinski definition) is 2. The van der Waals surface area contributed by atoms with Crippen LogP contribution in [0.2, 0.25) is 0 Å². The summed E-state index contributed by atoms with van der Waals surface area (Å²) < 4.78 is 0. The van der Waals surface area contributed by atoms with E-state index in [9.17, 15) is 4.79 Å². The van der Waals surface area contributed by atoms with Crippen molar-refractivity contribution in [3.8, 4) is 0 Å². The van der Waals surface area contributed by atoms with Crippen molar-refractivity contribution < 1.29 is 4.79 Å². The van der Waals surface area contributed by atoms with Gasteiger partial charge >= 0.3 is 0 Å². The summed E-state index contributed by atoms with van der Waals surface area (Å²) >= 11 is 0. The molecule has 1 amide bonds. The lowest BCUT2D eigenvalue weighted by atomic mass is 9.93. The van der Waals surface area contributed by atoms with Gasteiger partial charge in [0.15, 0.2) is 0 Å². The SMILES string of the molecule is NCCC1CCN(C(=O)C2CC2c2ccccc2)CC1. The van der Waals surface area contributed by atoms with E-state index in [1.165, 1.54) is 5.56 Å². The second-order valence-electron chi connectivity index (χ2n) is 6.21. The van der Waals surface area contributed by atoms with Gasteiger partial charge in [-0.2, -0.15) is 0 Å². The molecule has 0 radical (unpaired) electrons. The molecular weight excluding hydrogens is 248 g/mol. The Hall–Kier alpha value is -1.35. The fraction of sp³-hybridized carbons (Fsp3) is 0.588. The highest BCUT2D eigenvalue weighted by molar-refractivity contribution is 5.83. The average molecular weight is 272 g/mol. The molecule has 3 heteroatoms. The number of rotatable bonds is 4. The number of benzene rings is 1. The van der Waals surface area contributed by atoms with E-state index >= 15 is 0 Å². The molecule has 108 valence electrons. The minimum Gasteiger partial charge on any atom is -0.342 e. The summed E-state index contributed by atoms with van der Waals surface area (Å²) in [5, 5.41) is 0. The molecule has 3 rings (SSSR count). The number of piperidine rings is 1. The van der Waals surface area contributed by atoms with Crippen LogP contribution in [0.15, 0.2) is 30.3 Å². The first-order chi connectivity index (χ1) is 9.79. The molecule has 2 atom stereocenters. The molecule has 0 aromatic heterocycles. The Balaban J connectivity index is 1.52. The Kier molecular flexibility index (Phi) is 4.06. The van der Waals surface area contributed by atoms with Gasteiger partial charge in [-0.3, -0.25) is 4.79 Å². The first-order valence-electron chi connectivity index (χ1n) is 7.83. The molecule has 2 aliphatic rings. The minimum atomic E-state index is 0.239. The topological polar surface area (TPSA) is 46.3 Å². The summed E-state index contributed by atoms with van der Waals surface area (Å²) in [6.07, 6.45) is 4.40. The van der Waals surface area contributed by atoms with Crippen LogP contribution >= 0.6 is 0 Å². The molecule has 1 aromatic carbocycles. The smallest absolute Gasteiger partial charge is 0.226 e. The van der Waals surface area contributed by atoms with Crippen LogP contribution in [0.4, 0.5) is 0 Å². The van der Waals surface area contributed by atoms with Crippen LogP contribution in [0.1, 0.15) is 37.2 Å². The second-order valence-corrected chi connectivity index (χ2v) is 6.21. The van der Waals surface area contributed by atoms with Gasteiger partial charge in [-0.05, 0) is 49.6 Å². The van der Waals surface area contributed by atoms with Crippen molar-refractivity contribution in [3.05, 3.63) is 35.9 Å². The van der Waals surface area contributed by atoms with Gasteiger partial charge in [0.25, 0.3) is 0 Å². The molecule has 20 heavy (non-hydrogen) atoms. The van der Waals surface area contributed by atoms with Gasteiger partial charge in [-0.25, -0.2) is 0 Å². The molecule has 1 saturated heterocycles. The van der Waals surface area contributed by atoms with Crippen LogP contribution in [0, 0.1) is 11.8 Å². The van der Waals surface area contributed by atoms with Gasteiger partial charge in [0.2, 0.25) is 5.91 Å². The monoisotopic (exact) mass is 272 g/mol. The maximum Gasteiger partial charge on any atom is 0.226 e. The minimum absolute atomic E-state index is 0.239. The molecule has 2 unspecified atom stereocenters. The summed E-state index contributed by atoms with van der Waals surface area (Å²) in [5.74, 6) is 1.81. The first kappa shape index (κ1) is 13.6. The van der Waals surface area contributed by atoms with E-state index in [0.717, 1.165) is 51.2 Å². The van der Waals surface area contributed by atoms with Crippen LogP contribution in [0.3, 0.4) is 0 Å². The number of nitrogens with zero attached hydrogens (tertiary/aromatic N) is 1. The van der Waals surface area contributed by atoms with Gasteiger partial charge in [-0.15, -0.1) is 0 Å². The van der Waals surface area contributed by atoms with Crippen molar-refractivity contribution in [3.63, 3.8) is 0 Å². The Morgan fingerprint density at radius 1 is 1.20 bits per heavy atom. The standard InChI is InChI=1S/C17H24N2O/c18-9-6-13-7-10-19(11-8-13)17(20)16-12-15(16)14-4-2-1-3-5-14/h1-5,13,15-16H,6-12,18H2. The van der Waals surface area contributed by atoms with Gasteiger partial charge in [0, 0.05) is 19.0 Å². The second kappa shape index (κ2) is 5.96. The van der Waals surface area contributed by atoms with Crippen LogP contribution < -0.4 is 5.73 Å². The lowest BCUT2D eigenvalue weighted by molar-refractivity contribution is -0.134. The number of likely N-dealkylation sites (tertiary alicyclic amines) is 1. The molecule has 0 bridgehead atoms. The van der Waals surface area contributed by atoms with Crippen molar-refractivity contribution in [2.75, 3.05) is 19.6 Å². The molecule has 2 N–H and O–H groups in total. The largest absolute Gasteiger partial charge is 0.342 e. The van der Waals surface area contributed by atoms with Gasteiger partial charge in [0.1, 0.15) is 0 Å². The summed E-state index contributed by atoms with van der Waals surface area (Å²) in [4.78, 5) is 14.6. The zero-order valence-electron chi connectivity index (χ0n) is 12.0. The fourth-order valence-electron chi connectivity index (χ4n) is 3.45. The number of carbonyl (C=O) groups excluding carboxylic acids is 1. The summed E-state index contributed by atoms with van der Waals surface area (Å²) in [6, 6.07) is 10.4. The molecule has 2 fully saturated rings. The van der Waals surface area contributed by atoms with Crippen LogP contribution in [0.25, 0.3) is 0 Å². The van der Waals surface area contributed by atoms with Crippen LogP contribution in [0.5, 0.6) is 0 Å². The molecule has 0 spiro atoms. The molecule has 1 heterocycles. The number of hydrogen-bond donors (Lipinski definition) is 1. The quantitative estimate of drug-likeness (QED) is 0.914. The Morgan fingerprint density at radius 2 is 1.90 bits per heavy atom. The van der Waals surface area contributed by atoms with E-state index in [2.05, 4.69) is 29.2 Å². The van der Waals surface area contributed by atoms with Crippen molar-refractivity contribution in [1.82, 2.24) is 4.90 Å². The lowest BCUT2D eigenvalue weighted by Gasteiger charge is -2.32. The maximum absolute atomic E-state index is 12.5. The third kappa shape index (κ3) is 2.88.